The normalized spacial score (nSPS) is 33.9. The van der Waals surface area contributed by atoms with Crippen LogP contribution in [0.4, 0.5) is 0 Å². The van der Waals surface area contributed by atoms with Gasteiger partial charge < -0.3 is 14.8 Å². The van der Waals surface area contributed by atoms with Crippen molar-refractivity contribution in [1.29, 1.82) is 0 Å². The summed E-state index contributed by atoms with van der Waals surface area (Å²) in [6.45, 7) is 2.40. The van der Waals surface area contributed by atoms with Gasteiger partial charge in [-0.2, -0.15) is 8.75 Å². The monoisotopic (exact) mass is 269 g/mol. The molecule has 2 fully saturated rings. The van der Waals surface area contributed by atoms with Crippen molar-refractivity contribution in [2.75, 3.05) is 26.9 Å². The minimum absolute atomic E-state index is 0.0402. The number of nitrogens with one attached hydrogen (secondary N) is 1. The van der Waals surface area contributed by atoms with Crippen LogP contribution in [0.15, 0.2) is 6.20 Å². The minimum atomic E-state index is -0.0402. The van der Waals surface area contributed by atoms with Crippen molar-refractivity contribution < 1.29 is 9.47 Å². The van der Waals surface area contributed by atoms with Crippen molar-refractivity contribution >= 4 is 11.7 Å². The predicted octanol–water partition coefficient (Wildman–Crippen LogP) is 1.38. The molecule has 3 rings (SSSR count). The van der Waals surface area contributed by atoms with E-state index in [1.54, 1.807) is 0 Å². The van der Waals surface area contributed by atoms with Gasteiger partial charge in [-0.15, -0.1) is 0 Å². The van der Waals surface area contributed by atoms with Crippen molar-refractivity contribution in [3.63, 3.8) is 0 Å². The van der Waals surface area contributed by atoms with Crippen LogP contribution in [0, 0.1) is 5.92 Å². The first-order valence-electron chi connectivity index (χ1n) is 6.49. The van der Waals surface area contributed by atoms with Gasteiger partial charge in [0.1, 0.15) is 0 Å². The van der Waals surface area contributed by atoms with Gasteiger partial charge in [-0.05, 0) is 25.8 Å². The summed E-state index contributed by atoms with van der Waals surface area (Å²) in [5.41, 5.74) is 1.02. The summed E-state index contributed by atoms with van der Waals surface area (Å²) in [6, 6.07) is 0.283. The highest BCUT2D eigenvalue weighted by molar-refractivity contribution is 6.99. The minimum Gasteiger partial charge on any atom is -0.378 e. The molecule has 100 valence electrons. The highest BCUT2D eigenvalue weighted by atomic mass is 32.1. The summed E-state index contributed by atoms with van der Waals surface area (Å²) >= 11 is 1.28. The summed E-state index contributed by atoms with van der Waals surface area (Å²) in [5.74, 6) is 0.550. The summed E-state index contributed by atoms with van der Waals surface area (Å²) in [5, 5.41) is 3.39. The quantitative estimate of drug-likeness (QED) is 0.898. The van der Waals surface area contributed by atoms with Crippen molar-refractivity contribution in [2.45, 2.75) is 30.9 Å². The topological polar surface area (TPSA) is 56.3 Å². The second-order valence-electron chi connectivity index (χ2n) is 5.19. The number of hydrogen-bond acceptors (Lipinski definition) is 6. The van der Waals surface area contributed by atoms with Crippen molar-refractivity contribution in [2.24, 2.45) is 5.92 Å². The van der Waals surface area contributed by atoms with Crippen LogP contribution < -0.4 is 5.32 Å². The molecular weight excluding hydrogens is 250 g/mol. The lowest BCUT2D eigenvalue weighted by atomic mass is 9.80. The fraction of sp³-hybridized carbons (Fsp3) is 0.833. The van der Waals surface area contributed by atoms with Crippen LogP contribution in [0.2, 0.25) is 0 Å². The number of ether oxygens (including phenoxy) is 2. The molecule has 3 heterocycles. The molecule has 0 amide bonds. The maximum Gasteiger partial charge on any atom is 0.0940 e. The van der Waals surface area contributed by atoms with Crippen LogP contribution in [-0.2, 0) is 9.47 Å². The third kappa shape index (κ3) is 2.30. The lowest BCUT2D eigenvalue weighted by molar-refractivity contribution is -0.103. The summed E-state index contributed by atoms with van der Waals surface area (Å²) in [4.78, 5) is 0. The van der Waals surface area contributed by atoms with Gasteiger partial charge in [-0.3, -0.25) is 0 Å². The predicted molar refractivity (Wildman–Crippen MR) is 68.6 cm³/mol. The van der Waals surface area contributed by atoms with Crippen LogP contribution in [0.3, 0.4) is 0 Å². The maximum atomic E-state index is 5.98. The fourth-order valence-electron chi connectivity index (χ4n) is 3.15. The lowest BCUT2D eigenvalue weighted by Crippen LogP contribution is -2.43. The van der Waals surface area contributed by atoms with Gasteiger partial charge in [-0.25, -0.2) is 0 Å². The Kier molecular flexibility index (Phi) is 3.61. The SMILES string of the molecule is CNC(c1cnsn1)C1CCOC2(CCOC2)C1. The summed E-state index contributed by atoms with van der Waals surface area (Å²) < 4.78 is 20.0. The van der Waals surface area contributed by atoms with Crippen LogP contribution in [-0.4, -0.2) is 41.2 Å². The number of aromatic nitrogens is 2. The van der Waals surface area contributed by atoms with Crippen LogP contribution in [0.1, 0.15) is 31.0 Å². The highest BCUT2D eigenvalue weighted by Gasteiger charge is 2.43. The Balaban J connectivity index is 1.74. The molecule has 3 atom stereocenters. The van der Waals surface area contributed by atoms with Crippen LogP contribution in [0.25, 0.3) is 0 Å². The van der Waals surface area contributed by atoms with Gasteiger partial charge in [0, 0.05) is 19.6 Å². The zero-order chi connectivity index (χ0) is 12.4. The first-order valence-corrected chi connectivity index (χ1v) is 7.22. The molecule has 1 aromatic heterocycles. The molecule has 2 aliphatic heterocycles. The van der Waals surface area contributed by atoms with Gasteiger partial charge >= 0.3 is 0 Å². The zero-order valence-electron chi connectivity index (χ0n) is 10.6. The molecule has 0 bridgehead atoms. The average Bonchev–Trinajstić information content (AvgIpc) is 3.03. The fourth-order valence-corrected chi connectivity index (χ4v) is 3.60. The van der Waals surface area contributed by atoms with E-state index in [0.717, 1.165) is 44.8 Å². The Bertz CT molecular complexity index is 379. The van der Waals surface area contributed by atoms with E-state index < -0.39 is 0 Å². The van der Waals surface area contributed by atoms with E-state index in [-0.39, 0.29) is 11.6 Å². The van der Waals surface area contributed by atoms with Crippen LogP contribution >= 0.6 is 11.7 Å². The first-order chi connectivity index (χ1) is 8.83. The van der Waals surface area contributed by atoms with E-state index >= 15 is 0 Å². The van der Waals surface area contributed by atoms with Crippen molar-refractivity contribution in [1.82, 2.24) is 14.1 Å². The molecule has 18 heavy (non-hydrogen) atoms. The molecule has 0 aromatic carbocycles. The van der Waals surface area contributed by atoms with Gasteiger partial charge in [0.25, 0.3) is 0 Å². The molecular formula is C12H19N3O2S. The van der Waals surface area contributed by atoms with Gasteiger partial charge in [-0.1, -0.05) is 0 Å². The largest absolute Gasteiger partial charge is 0.378 e. The molecule has 1 N–H and O–H groups in total. The molecule has 3 unspecified atom stereocenters. The van der Waals surface area contributed by atoms with Crippen LogP contribution in [0.5, 0.6) is 0 Å². The maximum absolute atomic E-state index is 5.98. The second-order valence-corrected chi connectivity index (χ2v) is 5.74. The molecule has 5 nitrogen and oxygen atoms in total. The van der Waals surface area contributed by atoms with Gasteiger partial charge in [0.15, 0.2) is 0 Å². The standard InChI is InChI=1S/C12H19N3O2S/c1-13-11(10-7-14-18-15-10)9-2-4-17-12(6-9)3-5-16-8-12/h7,9,11,13H,2-6,8H2,1H3. The van der Waals surface area contributed by atoms with Gasteiger partial charge in [0.2, 0.25) is 0 Å². The number of hydrogen-bond donors (Lipinski definition) is 1. The van der Waals surface area contributed by atoms with E-state index in [2.05, 4.69) is 14.1 Å². The Morgan fingerprint density at radius 2 is 2.50 bits per heavy atom. The molecule has 2 saturated heterocycles. The first kappa shape index (κ1) is 12.5. The van der Waals surface area contributed by atoms with E-state index in [4.69, 9.17) is 9.47 Å². The molecule has 0 saturated carbocycles. The van der Waals surface area contributed by atoms with E-state index in [1.807, 2.05) is 13.2 Å². The number of rotatable bonds is 3. The molecule has 1 spiro atoms. The van der Waals surface area contributed by atoms with Crippen molar-refractivity contribution in [3.05, 3.63) is 11.9 Å². The molecule has 0 radical (unpaired) electrons. The summed E-state index contributed by atoms with van der Waals surface area (Å²) in [7, 11) is 2.00. The molecule has 0 aliphatic carbocycles. The Labute approximate surface area is 111 Å². The van der Waals surface area contributed by atoms with Crippen molar-refractivity contribution in [3.8, 4) is 0 Å². The lowest BCUT2D eigenvalue weighted by Gasteiger charge is -2.39. The Morgan fingerprint density at radius 1 is 1.56 bits per heavy atom. The number of nitrogens with zero attached hydrogens (tertiary/aromatic N) is 2. The zero-order valence-corrected chi connectivity index (χ0v) is 11.4. The highest BCUT2D eigenvalue weighted by Crippen LogP contribution is 2.40. The Hall–Kier alpha value is -0.560. The third-order valence-corrected chi connectivity index (χ3v) is 4.57. The molecule has 1 aromatic rings. The van der Waals surface area contributed by atoms with Gasteiger partial charge in [0.05, 0.1) is 41.9 Å². The van der Waals surface area contributed by atoms with E-state index in [9.17, 15) is 0 Å². The van der Waals surface area contributed by atoms with E-state index in [0.29, 0.717) is 5.92 Å². The van der Waals surface area contributed by atoms with E-state index in [1.165, 1.54) is 11.7 Å². The second kappa shape index (κ2) is 5.21. The molecule has 2 aliphatic rings. The third-order valence-electron chi connectivity index (χ3n) is 4.08. The smallest absolute Gasteiger partial charge is 0.0940 e. The summed E-state index contributed by atoms with van der Waals surface area (Å²) in [6.07, 6.45) is 5.02. The Morgan fingerprint density at radius 3 is 3.17 bits per heavy atom. The average molecular weight is 269 g/mol. The molecule has 6 heteroatoms.